The molecule has 0 bridgehead atoms. The normalized spacial score (nSPS) is 11.0. The molecule has 7 heterocycles. The highest BCUT2D eigenvalue weighted by Gasteiger charge is 2.32. The van der Waals surface area contributed by atoms with Crippen LogP contribution in [0.25, 0.3) is 168 Å². The van der Waals surface area contributed by atoms with Crippen molar-refractivity contribution >= 4 is 21.5 Å². The number of pyridine rings is 6. The molecular weight excluding hydrogens is 1150 g/mol. The number of hydrogen-bond acceptors (Lipinski definition) is 9. The van der Waals surface area contributed by atoms with E-state index in [2.05, 4.69) is 191 Å². The van der Waals surface area contributed by atoms with Gasteiger partial charge in [0.05, 0.1) is 34.2 Å². The SMILES string of the molecule is C.C.c1ccc(-c2ccc(-c3cc(-c4cccnc4)cc(-c4ccc(-c5cccc(-c6ccccn6)n5)nc4)c3)cn2)nc1.c1ccc(-c2nc(-c3ccccc3)nc(-c3ccc4c5c(cccc35)-c3c-4c(-c4ccccc4)c4ccccc4c3-c3ccccc3)n2)cc1. The second-order valence-corrected chi connectivity index (χ2v) is 22.4. The predicted molar refractivity (Wildman–Crippen MR) is 386 cm³/mol. The van der Waals surface area contributed by atoms with Crippen LogP contribution in [-0.4, -0.2) is 44.9 Å². The molecule has 94 heavy (non-hydrogen) atoms. The highest BCUT2D eigenvalue weighted by Crippen LogP contribution is 2.58. The van der Waals surface area contributed by atoms with E-state index in [4.69, 9.17) is 29.9 Å². The van der Waals surface area contributed by atoms with Crippen LogP contribution < -0.4 is 0 Å². The Hall–Kier alpha value is -12.6. The van der Waals surface area contributed by atoms with Crippen molar-refractivity contribution in [2.75, 3.05) is 0 Å². The van der Waals surface area contributed by atoms with E-state index >= 15 is 0 Å². The molecule has 0 unspecified atom stereocenters. The van der Waals surface area contributed by atoms with E-state index in [-0.39, 0.29) is 14.9 Å². The van der Waals surface area contributed by atoms with Gasteiger partial charge in [0.25, 0.3) is 0 Å². The van der Waals surface area contributed by atoms with Crippen LogP contribution >= 0.6 is 0 Å². The summed E-state index contributed by atoms with van der Waals surface area (Å²) < 4.78 is 0. The minimum Gasteiger partial charge on any atom is -0.264 e. The third-order valence-corrected chi connectivity index (χ3v) is 16.8. The maximum absolute atomic E-state index is 5.13. The van der Waals surface area contributed by atoms with Gasteiger partial charge in [-0.05, 0) is 162 Å². The molecule has 0 amide bonds. The summed E-state index contributed by atoms with van der Waals surface area (Å²) in [4.78, 5) is 42.7. The summed E-state index contributed by atoms with van der Waals surface area (Å²) in [5.41, 5.74) is 24.0. The Kier molecular flexibility index (Phi) is 16.4. The van der Waals surface area contributed by atoms with Crippen molar-refractivity contribution in [2.24, 2.45) is 0 Å². The Labute approximate surface area is 546 Å². The van der Waals surface area contributed by atoms with Gasteiger partial charge in [0.1, 0.15) is 0 Å². The maximum Gasteiger partial charge on any atom is 0.164 e. The van der Waals surface area contributed by atoms with Crippen LogP contribution in [0.2, 0.25) is 0 Å². The largest absolute Gasteiger partial charge is 0.264 e. The molecule has 0 atom stereocenters. The maximum atomic E-state index is 5.13. The first-order chi connectivity index (χ1) is 45.6. The van der Waals surface area contributed by atoms with Crippen molar-refractivity contribution < 1.29 is 0 Å². The van der Waals surface area contributed by atoms with E-state index in [9.17, 15) is 0 Å². The van der Waals surface area contributed by atoms with Gasteiger partial charge in [-0.2, -0.15) is 0 Å². The Balaban J connectivity index is 0.000000161. The average Bonchev–Trinajstić information content (AvgIpc) is 1.52. The second kappa shape index (κ2) is 26.1. The van der Waals surface area contributed by atoms with Gasteiger partial charge in [0.2, 0.25) is 0 Å². The van der Waals surface area contributed by atoms with Crippen molar-refractivity contribution in [1.29, 1.82) is 0 Å². The second-order valence-electron chi connectivity index (χ2n) is 22.4. The van der Waals surface area contributed by atoms with Crippen molar-refractivity contribution in [2.45, 2.75) is 14.9 Å². The molecule has 1 aliphatic rings. The lowest BCUT2D eigenvalue weighted by Gasteiger charge is -2.20. The Morgan fingerprint density at radius 3 is 1.07 bits per heavy atom. The van der Waals surface area contributed by atoms with Crippen LogP contribution in [0.15, 0.2) is 322 Å². The van der Waals surface area contributed by atoms with Crippen LogP contribution in [0, 0.1) is 0 Å². The van der Waals surface area contributed by atoms with Gasteiger partial charge in [-0.15, -0.1) is 0 Å². The molecule has 0 aliphatic heterocycles. The van der Waals surface area contributed by atoms with Crippen LogP contribution in [0.1, 0.15) is 14.9 Å². The monoisotopic (exact) mass is 1210 g/mol. The minimum atomic E-state index is 0. The Morgan fingerprint density at radius 2 is 0.596 bits per heavy atom. The summed E-state index contributed by atoms with van der Waals surface area (Å²) in [6.45, 7) is 0. The summed E-state index contributed by atoms with van der Waals surface area (Å²) in [7, 11) is 0. The van der Waals surface area contributed by atoms with Gasteiger partial charge in [0, 0.05) is 70.6 Å². The molecule has 9 nitrogen and oxygen atoms in total. The Morgan fingerprint density at radius 1 is 0.202 bits per heavy atom. The third kappa shape index (κ3) is 11.3. The fourth-order valence-electron chi connectivity index (χ4n) is 12.6. The lowest BCUT2D eigenvalue weighted by molar-refractivity contribution is 1.08. The van der Waals surface area contributed by atoms with E-state index in [0.717, 1.165) is 89.6 Å². The molecule has 0 saturated carbocycles. The number of fused-ring (bicyclic) bond motifs is 4. The molecule has 9 aromatic carbocycles. The summed E-state index contributed by atoms with van der Waals surface area (Å²) in [6, 6.07) is 98.4. The molecule has 7 aromatic heterocycles. The fourth-order valence-corrected chi connectivity index (χ4v) is 12.6. The number of rotatable bonds is 11. The highest BCUT2D eigenvalue weighted by atomic mass is 15.0. The molecule has 446 valence electrons. The molecule has 17 rings (SSSR count). The third-order valence-electron chi connectivity index (χ3n) is 16.8. The van der Waals surface area contributed by atoms with Gasteiger partial charge in [-0.25, -0.2) is 19.9 Å². The topological polar surface area (TPSA) is 116 Å². The molecule has 9 heteroatoms. The van der Waals surface area contributed by atoms with Gasteiger partial charge in [-0.3, -0.25) is 24.9 Å². The molecule has 1 aliphatic carbocycles. The number of benzene rings is 9. The van der Waals surface area contributed by atoms with Gasteiger partial charge in [0.15, 0.2) is 17.5 Å². The summed E-state index contributed by atoms with van der Waals surface area (Å²) in [6.07, 6.45) is 11.0. The fraction of sp³-hybridized carbons (Fsp3) is 0.0235. The quantitative estimate of drug-likeness (QED) is 0.125. The lowest BCUT2D eigenvalue weighted by atomic mass is 9.82. The first-order valence-corrected chi connectivity index (χ1v) is 30.6. The van der Waals surface area contributed by atoms with Crippen LogP contribution in [-0.2, 0) is 0 Å². The van der Waals surface area contributed by atoms with E-state index in [1.807, 2.05) is 128 Å². The predicted octanol–water partition coefficient (Wildman–Crippen LogP) is 21.5. The molecule has 0 spiro atoms. The zero-order valence-electron chi connectivity index (χ0n) is 49.6. The zero-order valence-corrected chi connectivity index (χ0v) is 49.6. The van der Waals surface area contributed by atoms with Crippen molar-refractivity contribution in [1.82, 2.24) is 44.9 Å². The van der Waals surface area contributed by atoms with E-state index in [0.29, 0.717) is 17.5 Å². The van der Waals surface area contributed by atoms with E-state index in [1.54, 1.807) is 18.6 Å². The standard InChI is InChI=1S/C47H29N3.C36H24N6.2CH4/c1-5-16-30(17-6-1)40-34-24-13-14-25-35(34)41(31-18-7-2-8-19-31)44-39-29-28-37(36-26-15-27-38(42(36)39)43(40)44)47-49-45(32-20-9-3-10-21-32)48-46(50-47)33-22-11-4-12-23-33;1-3-17-38-31(8-1)33-14-12-26(23-40-33)29-19-28(25-7-6-16-37-22-25)20-30(21-29)27-13-15-34(41-24-27)36-11-5-10-35(42-36)32-9-2-4-18-39-32;;/h1-29H;1-24H;2*1H4. The van der Waals surface area contributed by atoms with Crippen LogP contribution in [0.3, 0.4) is 0 Å². The van der Waals surface area contributed by atoms with Gasteiger partial charge >= 0.3 is 0 Å². The molecule has 0 fully saturated rings. The summed E-state index contributed by atoms with van der Waals surface area (Å²) in [5, 5.41) is 4.85. The Bertz CT molecular complexity index is 5180. The molecule has 0 saturated heterocycles. The van der Waals surface area contributed by atoms with Crippen molar-refractivity contribution in [3.05, 3.63) is 322 Å². The highest BCUT2D eigenvalue weighted by molar-refractivity contribution is 6.28. The van der Waals surface area contributed by atoms with Crippen LogP contribution in [0.5, 0.6) is 0 Å². The van der Waals surface area contributed by atoms with Gasteiger partial charge < -0.3 is 0 Å². The summed E-state index contributed by atoms with van der Waals surface area (Å²) in [5.74, 6) is 1.98. The number of nitrogens with zero attached hydrogens (tertiary/aromatic N) is 9. The zero-order chi connectivity index (χ0) is 61.2. The lowest BCUT2D eigenvalue weighted by Crippen LogP contribution is -2.00. The van der Waals surface area contributed by atoms with Crippen molar-refractivity contribution in [3.8, 4) is 146 Å². The van der Waals surface area contributed by atoms with E-state index < -0.39 is 0 Å². The molecule has 16 aromatic rings. The number of aromatic nitrogens is 9. The minimum absolute atomic E-state index is 0. The molecule has 0 N–H and O–H groups in total. The smallest absolute Gasteiger partial charge is 0.164 e. The summed E-state index contributed by atoms with van der Waals surface area (Å²) >= 11 is 0. The van der Waals surface area contributed by atoms with Gasteiger partial charge in [-0.1, -0.05) is 221 Å². The van der Waals surface area contributed by atoms with Crippen molar-refractivity contribution in [3.63, 3.8) is 0 Å². The van der Waals surface area contributed by atoms with E-state index in [1.165, 1.54) is 60.7 Å². The first kappa shape index (κ1) is 59.1. The number of hydrogen-bond donors (Lipinski definition) is 0. The molecule has 0 radical (unpaired) electrons. The average molecular weight is 1210 g/mol. The van der Waals surface area contributed by atoms with Crippen LogP contribution in [0.4, 0.5) is 0 Å². The first-order valence-electron chi connectivity index (χ1n) is 30.6. The molecular formula is C85H61N9.